The lowest BCUT2D eigenvalue weighted by molar-refractivity contribution is -0.150. The van der Waals surface area contributed by atoms with Crippen LogP contribution in [0, 0.1) is 16.7 Å². The lowest BCUT2D eigenvalue weighted by Gasteiger charge is -2.36. The van der Waals surface area contributed by atoms with E-state index in [0.717, 1.165) is 16.9 Å². The third-order valence-electron chi connectivity index (χ3n) is 7.42. The standard InChI is InChI=1S/C30H26ClN3O3/c1-33(2)23-15-10-20(11-16-23)26-27(28(35)21-8-13-22(31)14-9-21)34-24-7-5-4-6-19(24)12-17-25(34)30(26,18-32)29(36)37-3/h4-17,25-27H,1-3H3/t25-,26-,27+,30-/m1/s1. The van der Waals surface area contributed by atoms with E-state index in [9.17, 15) is 14.9 Å². The van der Waals surface area contributed by atoms with Gasteiger partial charge < -0.3 is 14.5 Å². The fourth-order valence-electron chi connectivity index (χ4n) is 5.67. The number of Topliss-reactive ketones (excluding diaryl/α,β-unsaturated/α-hetero) is 1. The van der Waals surface area contributed by atoms with Crippen LogP contribution in [0.5, 0.6) is 0 Å². The number of ether oxygens (including phenoxy) is 1. The van der Waals surface area contributed by atoms with Crippen molar-refractivity contribution in [3.8, 4) is 6.07 Å². The molecule has 0 aromatic heterocycles. The van der Waals surface area contributed by atoms with Gasteiger partial charge in [0, 0.05) is 42.0 Å². The molecule has 2 aliphatic heterocycles. The van der Waals surface area contributed by atoms with Gasteiger partial charge in [-0.25, -0.2) is 0 Å². The van der Waals surface area contributed by atoms with E-state index in [1.807, 2.05) is 84.6 Å². The highest BCUT2D eigenvalue weighted by Crippen LogP contribution is 2.56. The summed E-state index contributed by atoms with van der Waals surface area (Å²) in [5.41, 5.74) is 2.17. The highest BCUT2D eigenvalue weighted by molar-refractivity contribution is 6.30. The maximum Gasteiger partial charge on any atom is 0.329 e. The number of halogens is 1. The number of esters is 1. The van der Waals surface area contributed by atoms with Crippen LogP contribution in [0.25, 0.3) is 6.08 Å². The van der Waals surface area contributed by atoms with Crippen LogP contribution in [0.1, 0.15) is 27.4 Å². The number of hydrogen-bond acceptors (Lipinski definition) is 6. The smallest absolute Gasteiger partial charge is 0.329 e. The van der Waals surface area contributed by atoms with Gasteiger partial charge in [0.15, 0.2) is 11.2 Å². The molecule has 0 aliphatic carbocycles. The Bertz CT molecular complexity index is 1430. The molecule has 0 unspecified atom stereocenters. The average Bonchev–Trinajstić information content (AvgIpc) is 3.24. The fraction of sp³-hybridized carbons (Fsp3) is 0.233. The molecule has 3 aromatic rings. The molecule has 37 heavy (non-hydrogen) atoms. The van der Waals surface area contributed by atoms with Gasteiger partial charge in [-0.05, 0) is 53.6 Å². The Hall–Kier alpha value is -4.08. The molecular formula is C30H26ClN3O3. The molecule has 2 heterocycles. The molecule has 6 nitrogen and oxygen atoms in total. The van der Waals surface area contributed by atoms with Crippen molar-refractivity contribution in [2.75, 3.05) is 31.0 Å². The molecular weight excluding hydrogens is 486 g/mol. The lowest BCUT2D eigenvalue weighted by atomic mass is 9.68. The maximum absolute atomic E-state index is 14.3. The Labute approximate surface area is 221 Å². The van der Waals surface area contributed by atoms with E-state index in [-0.39, 0.29) is 5.78 Å². The molecule has 1 fully saturated rings. The number of ketones is 1. The number of benzene rings is 3. The van der Waals surface area contributed by atoms with Crippen molar-refractivity contribution >= 4 is 40.8 Å². The van der Waals surface area contributed by atoms with Crippen LogP contribution in [0.15, 0.2) is 78.9 Å². The molecule has 4 atom stereocenters. The zero-order chi connectivity index (χ0) is 26.3. The molecule has 1 saturated heterocycles. The molecule has 0 radical (unpaired) electrons. The van der Waals surface area contributed by atoms with Crippen LogP contribution in [-0.2, 0) is 9.53 Å². The Balaban J connectivity index is 1.79. The van der Waals surface area contributed by atoms with Crippen molar-refractivity contribution in [3.05, 3.63) is 101 Å². The monoisotopic (exact) mass is 511 g/mol. The second-order valence-electron chi connectivity index (χ2n) is 9.52. The van der Waals surface area contributed by atoms with Gasteiger partial charge in [0.1, 0.15) is 6.04 Å². The summed E-state index contributed by atoms with van der Waals surface area (Å²) < 4.78 is 5.27. The topological polar surface area (TPSA) is 73.6 Å². The van der Waals surface area contributed by atoms with Crippen molar-refractivity contribution in [2.45, 2.75) is 18.0 Å². The number of nitrogens with zero attached hydrogens (tertiary/aromatic N) is 3. The van der Waals surface area contributed by atoms with Gasteiger partial charge >= 0.3 is 5.97 Å². The van der Waals surface area contributed by atoms with Gasteiger partial charge in [-0.15, -0.1) is 0 Å². The van der Waals surface area contributed by atoms with E-state index in [0.29, 0.717) is 16.1 Å². The molecule has 7 heteroatoms. The number of anilines is 2. The van der Waals surface area contributed by atoms with Crippen molar-refractivity contribution < 1.29 is 14.3 Å². The molecule has 5 rings (SSSR count). The maximum atomic E-state index is 14.3. The summed E-state index contributed by atoms with van der Waals surface area (Å²) in [4.78, 5) is 31.8. The lowest BCUT2D eigenvalue weighted by Crippen LogP contribution is -2.46. The number of para-hydroxylation sites is 1. The fourth-order valence-corrected chi connectivity index (χ4v) is 5.80. The Morgan fingerprint density at radius 1 is 1.03 bits per heavy atom. The second kappa shape index (κ2) is 9.42. The normalized spacial score (nSPS) is 23.5. The zero-order valence-corrected chi connectivity index (χ0v) is 21.5. The van der Waals surface area contributed by atoms with Crippen molar-refractivity contribution in [1.29, 1.82) is 5.26 Å². The first-order valence-electron chi connectivity index (χ1n) is 12.0. The van der Waals surface area contributed by atoms with Gasteiger partial charge in [0.05, 0.1) is 19.2 Å². The molecule has 3 aromatic carbocycles. The van der Waals surface area contributed by atoms with Crippen LogP contribution in [0.2, 0.25) is 5.02 Å². The number of rotatable bonds is 5. The summed E-state index contributed by atoms with van der Waals surface area (Å²) >= 11 is 6.11. The summed E-state index contributed by atoms with van der Waals surface area (Å²) in [6.07, 6.45) is 3.76. The SMILES string of the molecule is COC(=O)[C@@]1(C#N)[C@H](c2ccc(N(C)C)cc2)[C@@H](C(=O)c2ccc(Cl)cc2)N2c3ccccc3C=C[C@@H]21. The largest absolute Gasteiger partial charge is 0.468 e. The molecule has 0 amide bonds. The first-order chi connectivity index (χ1) is 17.8. The number of nitriles is 1. The predicted molar refractivity (Wildman–Crippen MR) is 145 cm³/mol. The molecule has 2 aliphatic rings. The second-order valence-corrected chi connectivity index (χ2v) is 9.96. The van der Waals surface area contributed by atoms with E-state index in [1.165, 1.54) is 7.11 Å². The molecule has 0 bridgehead atoms. The Morgan fingerprint density at radius 3 is 2.32 bits per heavy atom. The van der Waals surface area contributed by atoms with Crippen molar-refractivity contribution in [2.24, 2.45) is 5.41 Å². The van der Waals surface area contributed by atoms with Crippen molar-refractivity contribution in [1.82, 2.24) is 0 Å². The number of fused-ring (bicyclic) bond motifs is 3. The predicted octanol–water partition coefficient (Wildman–Crippen LogP) is 5.34. The number of carbonyl (C=O) groups is 2. The third-order valence-corrected chi connectivity index (χ3v) is 7.67. The Morgan fingerprint density at radius 2 is 1.70 bits per heavy atom. The summed E-state index contributed by atoms with van der Waals surface area (Å²) in [5.74, 6) is -1.67. The van der Waals surface area contributed by atoms with Gasteiger partial charge in [-0.1, -0.05) is 54.1 Å². The van der Waals surface area contributed by atoms with E-state index in [4.69, 9.17) is 16.3 Å². The minimum absolute atomic E-state index is 0.200. The van der Waals surface area contributed by atoms with Crippen LogP contribution < -0.4 is 9.80 Å². The van der Waals surface area contributed by atoms with Gasteiger partial charge in [-0.3, -0.25) is 9.59 Å². The minimum Gasteiger partial charge on any atom is -0.468 e. The van der Waals surface area contributed by atoms with E-state index in [2.05, 4.69) is 6.07 Å². The first kappa shape index (κ1) is 24.6. The number of carbonyl (C=O) groups excluding carboxylic acids is 2. The third kappa shape index (κ3) is 3.78. The van der Waals surface area contributed by atoms with E-state index >= 15 is 0 Å². The van der Waals surface area contributed by atoms with Gasteiger partial charge in [0.2, 0.25) is 0 Å². The van der Waals surface area contributed by atoms with E-state index in [1.54, 1.807) is 24.3 Å². The summed E-state index contributed by atoms with van der Waals surface area (Å²) in [7, 11) is 5.16. The van der Waals surface area contributed by atoms with Crippen LogP contribution in [-0.4, -0.2) is 45.0 Å². The minimum atomic E-state index is -1.66. The Kier molecular flexibility index (Phi) is 6.26. The van der Waals surface area contributed by atoms with E-state index < -0.39 is 29.4 Å². The summed E-state index contributed by atoms with van der Waals surface area (Å²) in [6.45, 7) is 0. The molecule has 0 spiro atoms. The van der Waals surface area contributed by atoms with Crippen LogP contribution >= 0.6 is 11.6 Å². The highest BCUT2D eigenvalue weighted by atomic mass is 35.5. The molecule has 186 valence electrons. The first-order valence-corrected chi connectivity index (χ1v) is 12.3. The van der Waals surface area contributed by atoms with Gasteiger partial charge in [0.25, 0.3) is 0 Å². The highest BCUT2D eigenvalue weighted by Gasteiger charge is 2.67. The average molecular weight is 512 g/mol. The number of hydrogen-bond donors (Lipinski definition) is 0. The van der Waals surface area contributed by atoms with Crippen LogP contribution in [0.4, 0.5) is 11.4 Å². The quantitative estimate of drug-likeness (QED) is 0.340. The molecule has 0 N–H and O–H groups in total. The van der Waals surface area contributed by atoms with Gasteiger partial charge in [-0.2, -0.15) is 5.26 Å². The van der Waals surface area contributed by atoms with Crippen LogP contribution in [0.3, 0.4) is 0 Å². The summed E-state index contributed by atoms with van der Waals surface area (Å²) in [5, 5.41) is 11.3. The molecule has 0 saturated carbocycles. The zero-order valence-electron chi connectivity index (χ0n) is 20.8. The number of methoxy groups -OCH3 is 1. The van der Waals surface area contributed by atoms with Crippen molar-refractivity contribution in [3.63, 3.8) is 0 Å². The summed E-state index contributed by atoms with van der Waals surface area (Å²) in [6, 6.07) is 22.8.